The zero-order chi connectivity index (χ0) is 89.4. The maximum atomic E-state index is 5.10. The van der Waals surface area contributed by atoms with Crippen molar-refractivity contribution in [1.29, 1.82) is 0 Å². The van der Waals surface area contributed by atoms with E-state index < -0.39 is 0 Å². The van der Waals surface area contributed by atoms with Gasteiger partial charge in [-0.15, -0.1) is 0 Å². The summed E-state index contributed by atoms with van der Waals surface area (Å²) in [5, 5.41) is 15.3. The number of para-hydroxylation sites is 1. The molecule has 0 radical (unpaired) electrons. The predicted molar refractivity (Wildman–Crippen MR) is 569 cm³/mol. The molecule has 0 atom stereocenters. The molecule has 6 heteroatoms. The normalized spacial score (nSPS) is 11.8. The van der Waals surface area contributed by atoms with Crippen molar-refractivity contribution in [2.45, 2.75) is 0 Å². The second kappa shape index (κ2) is 31.9. The van der Waals surface area contributed by atoms with Crippen LogP contribution in [0, 0.1) is 0 Å². The van der Waals surface area contributed by atoms with Gasteiger partial charge in [0.1, 0.15) is 11.6 Å². The fraction of sp³-hybridized carbons (Fsp3) is 0. The van der Waals surface area contributed by atoms with Crippen LogP contribution in [0.2, 0.25) is 0 Å². The molecule has 4 aliphatic rings. The maximum Gasteiger partial charge on any atom is 0.137 e. The van der Waals surface area contributed by atoms with E-state index in [1.807, 2.05) is 24.4 Å². The van der Waals surface area contributed by atoms with Crippen LogP contribution in [0.15, 0.2) is 498 Å². The van der Waals surface area contributed by atoms with Crippen LogP contribution in [0.3, 0.4) is 0 Å². The molecule has 136 heavy (non-hydrogen) atoms. The second-order valence-electron chi connectivity index (χ2n) is 35.8. The van der Waals surface area contributed by atoms with Crippen molar-refractivity contribution in [1.82, 2.24) is 28.2 Å². The number of rotatable bonds is 6. The third-order valence-corrected chi connectivity index (χ3v) is 28.3. The summed E-state index contributed by atoms with van der Waals surface area (Å²) < 4.78 is 9.18. The van der Waals surface area contributed by atoms with Crippen molar-refractivity contribution < 1.29 is 0 Å². The van der Waals surface area contributed by atoms with Gasteiger partial charge >= 0.3 is 0 Å². The van der Waals surface area contributed by atoms with E-state index in [0.29, 0.717) is 0 Å². The van der Waals surface area contributed by atoms with Gasteiger partial charge in [0.05, 0.1) is 27.8 Å². The molecule has 6 heterocycles. The van der Waals surface area contributed by atoms with Crippen LogP contribution in [0.4, 0.5) is 0 Å². The van der Waals surface area contributed by atoms with Gasteiger partial charge in [0, 0.05) is 91.7 Å². The average Bonchev–Trinajstić information content (AvgIpc) is 1.59. The molecule has 30 rings (SSSR count). The molecule has 0 bridgehead atoms. The number of hydrogen-bond acceptors (Lipinski definition) is 2. The Kier molecular flexibility index (Phi) is 18.2. The van der Waals surface area contributed by atoms with Crippen LogP contribution in [-0.2, 0) is 0 Å². The first kappa shape index (κ1) is 77.8. The third-order valence-electron chi connectivity index (χ3n) is 28.3. The minimum Gasteiger partial charge on any atom is -0.316 e. The lowest BCUT2D eigenvalue weighted by Crippen LogP contribution is -1.97. The molecular weight excluding hydrogens is 1650 g/mol. The standard InChI is InChI=1S/C36H23N.C35H22N2.C30H19N.C29H18N2/c1-2-10-24(11-3-1)25-14-8-15-28(20-25)37-23-34-33-22-27-13-5-4-12-26(27)21-32(33)30-17-7-6-16-29(30)31-18-9-19-35(37)36(31)34;1-2-10-23(11-3-1)32-17-9-19-34(36-32)37-22-31-30-21-25-13-5-4-12-24(25)20-29(30)27-15-7-6-14-26(27)28-16-8-18-33(37)35(28)31;1-2-11-22(12-3-1)31-19-28-27-18-21-10-5-4-9-20(21)17-26(27)24-14-7-6-13-23(24)25-15-8-16-29(31)30(25)28;1-2-9-20-17-25-24(16-19(20)8-1)22-11-4-3-10-21(22)23-12-7-13-27-29(23)26(25)18-31(27)28-14-5-6-15-30-28/h1-23H;1-22H;1-19H;1-18H. The summed E-state index contributed by atoms with van der Waals surface area (Å²) in [4.78, 5) is 9.73. The Morgan fingerprint density at radius 2 is 0.397 bits per heavy atom. The van der Waals surface area contributed by atoms with Gasteiger partial charge in [0.25, 0.3) is 0 Å². The molecule has 4 aliphatic carbocycles. The molecule has 0 aliphatic heterocycles. The minimum atomic E-state index is 0.922. The third kappa shape index (κ3) is 12.8. The zero-order valence-electron chi connectivity index (χ0n) is 74.0. The van der Waals surface area contributed by atoms with E-state index in [-0.39, 0.29) is 0 Å². The van der Waals surface area contributed by atoms with Gasteiger partial charge < -0.3 is 18.3 Å². The Balaban J connectivity index is 0.0000000922. The lowest BCUT2D eigenvalue weighted by molar-refractivity contribution is 1.04. The van der Waals surface area contributed by atoms with Crippen LogP contribution in [0.1, 0.15) is 0 Å². The van der Waals surface area contributed by atoms with Crippen molar-refractivity contribution in [3.63, 3.8) is 0 Å². The van der Waals surface area contributed by atoms with Crippen molar-refractivity contribution in [2.24, 2.45) is 0 Å². The lowest BCUT2D eigenvalue weighted by atomic mass is 9.91. The van der Waals surface area contributed by atoms with Crippen LogP contribution >= 0.6 is 0 Å². The first-order valence-corrected chi connectivity index (χ1v) is 46.7. The molecule has 0 saturated carbocycles. The molecule has 0 amide bonds. The molecule has 26 aromatic rings. The number of pyridine rings is 2. The van der Waals surface area contributed by atoms with E-state index in [1.165, 1.54) is 243 Å². The van der Waals surface area contributed by atoms with E-state index in [4.69, 9.17) is 4.98 Å². The summed E-state index contributed by atoms with van der Waals surface area (Å²) in [7, 11) is 0. The Bertz CT molecular complexity index is 8810. The summed E-state index contributed by atoms with van der Waals surface area (Å²) in [6.45, 7) is 0. The van der Waals surface area contributed by atoms with Crippen LogP contribution < -0.4 is 0 Å². The van der Waals surface area contributed by atoms with E-state index in [9.17, 15) is 0 Å². The summed E-state index contributed by atoms with van der Waals surface area (Å²) in [6, 6.07) is 168. The Labute approximate surface area is 786 Å². The van der Waals surface area contributed by atoms with Crippen LogP contribution in [-0.4, -0.2) is 28.2 Å². The van der Waals surface area contributed by atoms with Crippen LogP contribution in [0.5, 0.6) is 0 Å². The number of nitrogens with zero attached hydrogens (tertiary/aromatic N) is 6. The number of aromatic nitrogens is 6. The number of fused-ring (bicyclic) bond motifs is 24. The predicted octanol–water partition coefficient (Wildman–Crippen LogP) is 34.5. The summed E-state index contributed by atoms with van der Waals surface area (Å²) in [5.74, 6) is 1.86. The number of benzene rings is 20. The van der Waals surface area contributed by atoms with Crippen molar-refractivity contribution in [3.05, 3.63) is 498 Å². The van der Waals surface area contributed by atoms with Gasteiger partial charge in [-0.2, -0.15) is 0 Å². The van der Waals surface area contributed by atoms with Gasteiger partial charge in [-0.25, -0.2) is 9.97 Å². The molecule has 0 unspecified atom stereocenters. The maximum absolute atomic E-state index is 5.10. The first-order valence-electron chi connectivity index (χ1n) is 46.7. The molecule has 0 saturated heterocycles. The number of hydrogen-bond donors (Lipinski definition) is 0. The molecule has 6 nitrogen and oxygen atoms in total. The molecule has 632 valence electrons. The highest BCUT2D eigenvalue weighted by atomic mass is 15.1. The Morgan fingerprint density at radius 1 is 0.147 bits per heavy atom. The second-order valence-corrected chi connectivity index (χ2v) is 35.8. The van der Waals surface area contributed by atoms with Gasteiger partial charge in [0.2, 0.25) is 0 Å². The first-order chi connectivity index (χ1) is 67.5. The van der Waals surface area contributed by atoms with Crippen LogP contribution in [0.25, 0.3) is 266 Å². The van der Waals surface area contributed by atoms with E-state index in [0.717, 1.165) is 22.9 Å². The molecular formula is C130H82N6. The van der Waals surface area contributed by atoms with E-state index in [1.54, 1.807) is 0 Å². The van der Waals surface area contributed by atoms with Crippen molar-refractivity contribution >= 4 is 86.7 Å². The molecule has 6 aromatic heterocycles. The zero-order valence-corrected chi connectivity index (χ0v) is 74.0. The molecule has 20 aromatic carbocycles. The summed E-state index contributed by atoms with van der Waals surface area (Å²) in [5.41, 5.74) is 42.5. The molecule has 0 fully saturated rings. The topological polar surface area (TPSA) is 45.5 Å². The SMILES string of the molecule is c1ccc(-c2cccc(-n3cc4c5c(cccc53)-c3ccccc3-c3cc5ccccc5cc3-4)c2)cc1.c1ccc(-c2cccc(-n3cc4c5c(cccc53)-c3ccccc3-c3cc5ccccc5cc3-4)n2)cc1.c1ccc(-n2cc3c4c(cccc42)-c2ccccc2-c2cc4ccccc4cc2-3)cc1.c1ccc(-n2cc3c4c(cccc42)-c2ccccc2-c2cc4ccccc4cc2-3)nc1. The monoisotopic (exact) mass is 1730 g/mol. The lowest BCUT2D eigenvalue weighted by Gasteiger charge is -2.13. The fourth-order valence-electron chi connectivity index (χ4n) is 22.1. The largest absolute Gasteiger partial charge is 0.316 e. The van der Waals surface area contributed by atoms with Gasteiger partial charge in [-0.3, -0.25) is 0 Å². The van der Waals surface area contributed by atoms with E-state index >= 15 is 0 Å². The quantitative estimate of drug-likeness (QED) is 0.167. The average molecular weight is 1730 g/mol. The highest BCUT2D eigenvalue weighted by Gasteiger charge is 2.31. The minimum absolute atomic E-state index is 0.922. The summed E-state index contributed by atoms with van der Waals surface area (Å²) >= 11 is 0. The molecule has 0 spiro atoms. The van der Waals surface area contributed by atoms with Gasteiger partial charge in [0.15, 0.2) is 0 Å². The fourth-order valence-corrected chi connectivity index (χ4v) is 22.1. The van der Waals surface area contributed by atoms with Gasteiger partial charge in [-0.1, -0.05) is 346 Å². The molecule has 0 N–H and O–H groups in total. The highest BCUT2D eigenvalue weighted by molar-refractivity contribution is 6.20. The highest BCUT2D eigenvalue weighted by Crippen LogP contribution is 2.56. The Hall–Kier alpha value is -18.1. The van der Waals surface area contributed by atoms with Crippen molar-refractivity contribution in [3.8, 4) is 179 Å². The van der Waals surface area contributed by atoms with Crippen molar-refractivity contribution in [2.75, 3.05) is 0 Å². The van der Waals surface area contributed by atoms with E-state index in [2.05, 4.69) is 497 Å². The smallest absolute Gasteiger partial charge is 0.137 e. The summed E-state index contributed by atoms with van der Waals surface area (Å²) in [6.07, 6.45) is 11.1. The Morgan fingerprint density at radius 3 is 0.757 bits per heavy atom. The van der Waals surface area contributed by atoms with Gasteiger partial charge in [-0.05, 0) is 287 Å².